The van der Waals surface area contributed by atoms with Crippen molar-refractivity contribution in [3.05, 3.63) is 16.4 Å². The standard InChI is InChI=1S/C11H15ClF3N3O2/c1-7-9(12)10(11(13,14)15)17-18(7)6-8(19)16-4-3-5-20-2/h3-6H2,1-2H3,(H,16,19). The van der Waals surface area contributed by atoms with Gasteiger partial charge in [-0.1, -0.05) is 11.6 Å². The topological polar surface area (TPSA) is 56.1 Å². The predicted molar refractivity (Wildman–Crippen MR) is 66.5 cm³/mol. The first kappa shape index (κ1) is 16.8. The summed E-state index contributed by atoms with van der Waals surface area (Å²) in [5, 5.41) is 5.41. The maximum atomic E-state index is 12.6. The van der Waals surface area contributed by atoms with Crippen LogP contribution in [0.25, 0.3) is 0 Å². The van der Waals surface area contributed by atoms with Gasteiger partial charge in [-0.25, -0.2) is 0 Å². The number of carbonyl (C=O) groups excluding carboxylic acids is 1. The Morgan fingerprint density at radius 3 is 2.65 bits per heavy atom. The minimum absolute atomic E-state index is 0.103. The van der Waals surface area contributed by atoms with Crippen LogP contribution in [0.15, 0.2) is 0 Å². The Hall–Kier alpha value is -1.28. The lowest BCUT2D eigenvalue weighted by molar-refractivity contribution is -0.141. The monoisotopic (exact) mass is 313 g/mol. The van der Waals surface area contributed by atoms with Gasteiger partial charge in [-0.05, 0) is 13.3 Å². The van der Waals surface area contributed by atoms with Gasteiger partial charge < -0.3 is 10.1 Å². The highest BCUT2D eigenvalue weighted by atomic mass is 35.5. The van der Waals surface area contributed by atoms with E-state index in [0.717, 1.165) is 4.68 Å². The molecule has 0 aliphatic heterocycles. The molecule has 0 unspecified atom stereocenters. The lowest BCUT2D eigenvalue weighted by Crippen LogP contribution is -2.29. The van der Waals surface area contributed by atoms with E-state index in [0.29, 0.717) is 19.6 Å². The maximum Gasteiger partial charge on any atom is 0.436 e. The molecular weight excluding hydrogens is 299 g/mol. The number of hydrogen-bond acceptors (Lipinski definition) is 3. The summed E-state index contributed by atoms with van der Waals surface area (Å²) in [6, 6.07) is 0. The molecule has 0 radical (unpaired) electrons. The number of methoxy groups -OCH3 is 1. The summed E-state index contributed by atoms with van der Waals surface area (Å²) in [5.41, 5.74) is -1.07. The summed E-state index contributed by atoms with van der Waals surface area (Å²) >= 11 is 5.58. The van der Waals surface area contributed by atoms with Crippen LogP contribution in [0.1, 0.15) is 17.8 Å². The van der Waals surface area contributed by atoms with Gasteiger partial charge in [-0.15, -0.1) is 0 Å². The molecule has 20 heavy (non-hydrogen) atoms. The smallest absolute Gasteiger partial charge is 0.385 e. The second-order valence-corrected chi connectivity index (χ2v) is 4.48. The molecule has 0 fully saturated rings. The third-order valence-corrected chi connectivity index (χ3v) is 3.00. The van der Waals surface area contributed by atoms with E-state index < -0.39 is 22.8 Å². The Balaban J connectivity index is 2.67. The lowest BCUT2D eigenvalue weighted by Gasteiger charge is -2.06. The van der Waals surface area contributed by atoms with Gasteiger partial charge in [0.05, 0.1) is 10.7 Å². The minimum atomic E-state index is -4.64. The van der Waals surface area contributed by atoms with Crippen molar-refractivity contribution in [3.8, 4) is 0 Å². The number of ether oxygens (including phenoxy) is 1. The minimum Gasteiger partial charge on any atom is -0.385 e. The van der Waals surface area contributed by atoms with Crippen LogP contribution in [-0.4, -0.2) is 35.9 Å². The van der Waals surface area contributed by atoms with E-state index in [1.54, 1.807) is 0 Å². The number of rotatable bonds is 6. The molecule has 0 saturated heterocycles. The van der Waals surface area contributed by atoms with E-state index in [1.165, 1.54) is 14.0 Å². The largest absolute Gasteiger partial charge is 0.436 e. The van der Waals surface area contributed by atoms with Gasteiger partial charge in [0.25, 0.3) is 0 Å². The Bertz CT molecular complexity index is 474. The van der Waals surface area contributed by atoms with Crippen molar-refractivity contribution in [3.63, 3.8) is 0 Å². The number of nitrogens with one attached hydrogen (secondary N) is 1. The first-order chi connectivity index (χ1) is 9.27. The summed E-state index contributed by atoms with van der Waals surface area (Å²) in [4.78, 5) is 11.6. The van der Waals surface area contributed by atoms with Gasteiger partial charge >= 0.3 is 6.18 Å². The molecule has 114 valence electrons. The lowest BCUT2D eigenvalue weighted by atomic mass is 10.3. The van der Waals surface area contributed by atoms with Crippen molar-refractivity contribution >= 4 is 17.5 Å². The van der Waals surface area contributed by atoms with Crippen molar-refractivity contribution in [1.29, 1.82) is 0 Å². The molecule has 0 atom stereocenters. The van der Waals surface area contributed by atoms with E-state index in [2.05, 4.69) is 10.4 Å². The summed E-state index contributed by atoms with van der Waals surface area (Å²) in [6.07, 6.45) is -4.02. The molecule has 1 heterocycles. The van der Waals surface area contributed by atoms with E-state index in [9.17, 15) is 18.0 Å². The van der Waals surface area contributed by atoms with E-state index in [1.807, 2.05) is 0 Å². The number of carbonyl (C=O) groups is 1. The van der Waals surface area contributed by atoms with Crippen LogP contribution in [0.5, 0.6) is 0 Å². The average Bonchev–Trinajstić information content (AvgIpc) is 2.63. The van der Waals surface area contributed by atoms with E-state index in [-0.39, 0.29) is 12.2 Å². The Morgan fingerprint density at radius 1 is 1.50 bits per heavy atom. The van der Waals surface area contributed by atoms with Crippen molar-refractivity contribution < 1.29 is 22.7 Å². The van der Waals surface area contributed by atoms with Crippen LogP contribution in [0.4, 0.5) is 13.2 Å². The molecule has 1 aromatic heterocycles. The zero-order valence-electron chi connectivity index (χ0n) is 11.1. The molecular formula is C11H15ClF3N3O2. The predicted octanol–water partition coefficient (Wildman–Crippen LogP) is 2.02. The molecule has 0 saturated carbocycles. The second kappa shape index (κ2) is 6.94. The number of hydrogen-bond donors (Lipinski definition) is 1. The Kier molecular flexibility index (Phi) is 5.82. The second-order valence-electron chi connectivity index (χ2n) is 4.10. The molecule has 0 bridgehead atoms. The first-order valence-corrected chi connectivity index (χ1v) is 6.21. The molecule has 1 amide bonds. The third kappa shape index (κ3) is 4.38. The van der Waals surface area contributed by atoms with Crippen LogP contribution in [0, 0.1) is 6.92 Å². The van der Waals surface area contributed by atoms with Crippen molar-refractivity contribution in [1.82, 2.24) is 15.1 Å². The normalized spacial score (nSPS) is 11.7. The van der Waals surface area contributed by atoms with Crippen LogP contribution < -0.4 is 5.32 Å². The molecule has 1 aromatic rings. The van der Waals surface area contributed by atoms with E-state index in [4.69, 9.17) is 16.3 Å². The fourth-order valence-corrected chi connectivity index (χ4v) is 1.74. The number of aromatic nitrogens is 2. The number of alkyl halides is 3. The molecule has 0 aliphatic carbocycles. The van der Waals surface area contributed by atoms with Crippen molar-refractivity contribution in [2.24, 2.45) is 0 Å². The molecule has 0 aromatic carbocycles. The molecule has 1 N–H and O–H groups in total. The Labute approximate surface area is 119 Å². The summed E-state index contributed by atoms with van der Waals surface area (Å²) in [5.74, 6) is -0.433. The number of halogens is 4. The molecule has 0 aliphatic rings. The van der Waals surface area contributed by atoms with Crippen LogP contribution in [0.3, 0.4) is 0 Å². The average molecular weight is 314 g/mol. The SMILES string of the molecule is COCCCNC(=O)Cn1nc(C(F)(F)F)c(Cl)c1C. The molecule has 9 heteroatoms. The number of amides is 1. The highest BCUT2D eigenvalue weighted by molar-refractivity contribution is 6.31. The van der Waals surface area contributed by atoms with Gasteiger partial charge in [0.1, 0.15) is 6.54 Å². The summed E-state index contributed by atoms with van der Waals surface area (Å²) in [7, 11) is 1.54. The quantitative estimate of drug-likeness (QED) is 0.817. The highest BCUT2D eigenvalue weighted by Crippen LogP contribution is 2.35. The van der Waals surface area contributed by atoms with Crippen LogP contribution in [-0.2, 0) is 22.3 Å². The molecule has 1 rings (SSSR count). The maximum absolute atomic E-state index is 12.6. The zero-order chi connectivity index (χ0) is 15.3. The van der Waals surface area contributed by atoms with Gasteiger partial charge in [-0.2, -0.15) is 18.3 Å². The van der Waals surface area contributed by atoms with Gasteiger partial charge in [0.15, 0.2) is 5.69 Å². The fraction of sp³-hybridized carbons (Fsp3) is 0.636. The fourth-order valence-electron chi connectivity index (χ4n) is 1.50. The van der Waals surface area contributed by atoms with Crippen molar-refractivity contribution in [2.45, 2.75) is 26.1 Å². The van der Waals surface area contributed by atoms with E-state index >= 15 is 0 Å². The molecule has 0 spiro atoms. The highest BCUT2D eigenvalue weighted by Gasteiger charge is 2.38. The third-order valence-electron chi connectivity index (χ3n) is 2.54. The Morgan fingerprint density at radius 2 is 2.15 bits per heavy atom. The van der Waals surface area contributed by atoms with Gasteiger partial charge in [-0.3, -0.25) is 9.48 Å². The first-order valence-electron chi connectivity index (χ1n) is 5.83. The summed E-state index contributed by atoms with van der Waals surface area (Å²) < 4.78 is 43.5. The van der Waals surface area contributed by atoms with Crippen LogP contribution in [0.2, 0.25) is 5.02 Å². The van der Waals surface area contributed by atoms with Crippen LogP contribution >= 0.6 is 11.6 Å². The number of nitrogens with zero attached hydrogens (tertiary/aromatic N) is 2. The molecule has 5 nitrogen and oxygen atoms in total. The van der Waals surface area contributed by atoms with Gasteiger partial charge in [0, 0.05) is 20.3 Å². The summed E-state index contributed by atoms with van der Waals surface area (Å²) in [6.45, 7) is 1.94. The zero-order valence-corrected chi connectivity index (χ0v) is 11.8. The van der Waals surface area contributed by atoms with Crippen molar-refractivity contribution in [2.75, 3.05) is 20.3 Å². The van der Waals surface area contributed by atoms with Gasteiger partial charge in [0.2, 0.25) is 5.91 Å².